The summed E-state index contributed by atoms with van der Waals surface area (Å²) in [6, 6.07) is 5.78. The first-order valence-corrected chi connectivity index (χ1v) is 6.48. The fourth-order valence-electron chi connectivity index (χ4n) is 1.74. The maximum Gasteiger partial charge on any atom is 0.238 e. The number of benzene rings is 1. The van der Waals surface area contributed by atoms with Gasteiger partial charge in [-0.1, -0.05) is 0 Å². The van der Waals surface area contributed by atoms with Gasteiger partial charge in [0.05, 0.1) is 21.8 Å². The van der Waals surface area contributed by atoms with Gasteiger partial charge in [0.1, 0.15) is 0 Å². The largest absolute Gasteiger partial charge is 0.325 e. The monoisotopic (exact) mass is 247 g/mol. The molecule has 0 saturated heterocycles. The highest BCUT2D eigenvalue weighted by atomic mass is 32.1. The number of carbonyl (C=O) groups excluding carboxylic acids is 1. The van der Waals surface area contributed by atoms with E-state index < -0.39 is 0 Å². The standard InChI is InChI=1S/C12H13N3OS/c13-6-11(16)14-8-3-4-9-10(5-8)17-12(15-9)7-1-2-7/h3-5,7H,1-2,6,13H2,(H,14,16). The highest BCUT2D eigenvalue weighted by Crippen LogP contribution is 2.43. The lowest BCUT2D eigenvalue weighted by Crippen LogP contribution is -2.21. The third kappa shape index (κ3) is 2.16. The Morgan fingerprint density at radius 2 is 2.35 bits per heavy atom. The summed E-state index contributed by atoms with van der Waals surface area (Å²) >= 11 is 1.72. The predicted octanol–water partition coefficient (Wildman–Crippen LogP) is 2.07. The minimum Gasteiger partial charge on any atom is -0.325 e. The molecular weight excluding hydrogens is 234 g/mol. The minimum atomic E-state index is -0.170. The van der Waals surface area contributed by atoms with Crippen molar-refractivity contribution in [3.8, 4) is 0 Å². The zero-order valence-corrected chi connectivity index (χ0v) is 10.1. The Morgan fingerprint density at radius 1 is 1.53 bits per heavy atom. The van der Waals surface area contributed by atoms with Crippen molar-refractivity contribution in [3.05, 3.63) is 23.2 Å². The molecule has 1 fully saturated rings. The molecule has 1 amide bonds. The summed E-state index contributed by atoms with van der Waals surface area (Å²) in [5, 5.41) is 3.98. The van der Waals surface area contributed by atoms with Crippen molar-refractivity contribution in [1.29, 1.82) is 0 Å². The van der Waals surface area contributed by atoms with Crippen molar-refractivity contribution < 1.29 is 4.79 Å². The molecule has 0 atom stereocenters. The average molecular weight is 247 g/mol. The summed E-state index contributed by atoms with van der Waals surface area (Å²) in [6.07, 6.45) is 2.52. The minimum absolute atomic E-state index is 0.00799. The van der Waals surface area contributed by atoms with E-state index in [1.165, 1.54) is 17.8 Å². The molecule has 0 aliphatic heterocycles. The summed E-state index contributed by atoms with van der Waals surface area (Å²) < 4.78 is 1.13. The van der Waals surface area contributed by atoms with Crippen LogP contribution in [0.2, 0.25) is 0 Å². The van der Waals surface area contributed by atoms with Gasteiger partial charge in [0.15, 0.2) is 0 Å². The van der Waals surface area contributed by atoms with Crippen LogP contribution in [0, 0.1) is 0 Å². The van der Waals surface area contributed by atoms with Crippen LogP contribution in [0.5, 0.6) is 0 Å². The van der Waals surface area contributed by atoms with Gasteiger partial charge in [0, 0.05) is 11.6 Å². The van der Waals surface area contributed by atoms with Crippen molar-refractivity contribution in [2.75, 3.05) is 11.9 Å². The number of rotatable bonds is 3. The molecule has 1 aromatic heterocycles. The third-order valence-corrected chi connectivity index (χ3v) is 3.98. The Labute approximate surface area is 103 Å². The lowest BCUT2D eigenvalue weighted by Gasteiger charge is -2.02. The van der Waals surface area contributed by atoms with Crippen molar-refractivity contribution >= 4 is 33.1 Å². The maximum absolute atomic E-state index is 11.2. The smallest absolute Gasteiger partial charge is 0.238 e. The summed E-state index contributed by atoms with van der Waals surface area (Å²) in [7, 11) is 0. The van der Waals surface area contributed by atoms with Gasteiger partial charge >= 0.3 is 0 Å². The van der Waals surface area contributed by atoms with Crippen LogP contribution in [0.3, 0.4) is 0 Å². The van der Waals surface area contributed by atoms with Gasteiger partial charge in [-0.2, -0.15) is 0 Å². The zero-order chi connectivity index (χ0) is 11.8. The average Bonchev–Trinajstić information content (AvgIpc) is 3.09. The first kappa shape index (κ1) is 10.7. The van der Waals surface area contributed by atoms with Crippen LogP contribution in [-0.4, -0.2) is 17.4 Å². The first-order valence-electron chi connectivity index (χ1n) is 5.66. The highest BCUT2D eigenvalue weighted by molar-refractivity contribution is 7.18. The topological polar surface area (TPSA) is 68.0 Å². The van der Waals surface area contributed by atoms with Gasteiger partial charge < -0.3 is 11.1 Å². The molecule has 1 aliphatic rings. The van der Waals surface area contributed by atoms with Crippen LogP contribution >= 0.6 is 11.3 Å². The van der Waals surface area contributed by atoms with E-state index in [0.717, 1.165) is 15.9 Å². The fourth-order valence-corrected chi connectivity index (χ4v) is 2.91. The van der Waals surface area contributed by atoms with Crippen molar-refractivity contribution in [1.82, 2.24) is 4.98 Å². The molecule has 1 aliphatic carbocycles. The van der Waals surface area contributed by atoms with Crippen LogP contribution in [-0.2, 0) is 4.79 Å². The van der Waals surface area contributed by atoms with E-state index in [2.05, 4.69) is 10.3 Å². The number of amides is 1. The predicted molar refractivity (Wildman–Crippen MR) is 69.3 cm³/mol. The Balaban J connectivity index is 1.91. The quantitative estimate of drug-likeness (QED) is 0.872. The Hall–Kier alpha value is -1.46. The first-order chi connectivity index (χ1) is 8.26. The summed E-state index contributed by atoms with van der Waals surface area (Å²) in [5.74, 6) is 0.505. The number of hydrogen-bond donors (Lipinski definition) is 2. The Bertz CT molecular complexity index is 574. The molecule has 1 aromatic carbocycles. The number of fused-ring (bicyclic) bond motifs is 1. The maximum atomic E-state index is 11.2. The fraction of sp³-hybridized carbons (Fsp3) is 0.333. The van der Waals surface area contributed by atoms with E-state index in [1.54, 1.807) is 11.3 Å². The summed E-state index contributed by atoms with van der Waals surface area (Å²) in [5.41, 5.74) is 7.07. The molecule has 17 heavy (non-hydrogen) atoms. The Morgan fingerprint density at radius 3 is 3.06 bits per heavy atom. The van der Waals surface area contributed by atoms with Crippen LogP contribution < -0.4 is 11.1 Å². The molecule has 0 spiro atoms. The molecule has 0 bridgehead atoms. The molecule has 88 valence electrons. The number of thiazole rings is 1. The molecule has 0 unspecified atom stereocenters. The lowest BCUT2D eigenvalue weighted by atomic mass is 10.3. The molecule has 1 saturated carbocycles. The van der Waals surface area contributed by atoms with Crippen LogP contribution in [0.15, 0.2) is 18.2 Å². The second-order valence-electron chi connectivity index (χ2n) is 4.26. The number of nitrogens with one attached hydrogen (secondary N) is 1. The van der Waals surface area contributed by atoms with Crippen molar-refractivity contribution in [2.24, 2.45) is 5.73 Å². The molecular formula is C12H13N3OS. The summed E-state index contributed by atoms with van der Waals surface area (Å²) in [4.78, 5) is 15.8. The molecule has 3 rings (SSSR count). The number of anilines is 1. The molecule has 2 aromatic rings. The highest BCUT2D eigenvalue weighted by Gasteiger charge is 2.26. The van der Waals surface area contributed by atoms with Gasteiger partial charge in [-0.3, -0.25) is 4.79 Å². The van der Waals surface area contributed by atoms with Crippen LogP contribution in [0.25, 0.3) is 10.2 Å². The van der Waals surface area contributed by atoms with Gasteiger partial charge in [-0.15, -0.1) is 11.3 Å². The zero-order valence-electron chi connectivity index (χ0n) is 9.27. The molecule has 5 heteroatoms. The van der Waals surface area contributed by atoms with Crippen molar-refractivity contribution in [2.45, 2.75) is 18.8 Å². The van der Waals surface area contributed by atoms with Crippen LogP contribution in [0.1, 0.15) is 23.8 Å². The van der Waals surface area contributed by atoms with E-state index in [9.17, 15) is 4.79 Å². The van der Waals surface area contributed by atoms with Gasteiger partial charge in [0.2, 0.25) is 5.91 Å². The normalized spacial score (nSPS) is 15.1. The van der Waals surface area contributed by atoms with Gasteiger partial charge in [0.25, 0.3) is 0 Å². The number of nitrogens with zero attached hydrogens (tertiary/aromatic N) is 1. The van der Waals surface area contributed by atoms with E-state index in [4.69, 9.17) is 5.73 Å². The van der Waals surface area contributed by atoms with Gasteiger partial charge in [-0.05, 0) is 31.0 Å². The SMILES string of the molecule is NCC(=O)Nc1ccc2nc(C3CC3)sc2c1. The summed E-state index contributed by atoms with van der Waals surface area (Å²) in [6.45, 7) is 0.00799. The second kappa shape index (κ2) is 4.09. The third-order valence-electron chi connectivity index (χ3n) is 2.80. The second-order valence-corrected chi connectivity index (χ2v) is 5.32. The van der Waals surface area contributed by atoms with Gasteiger partial charge in [-0.25, -0.2) is 4.98 Å². The van der Waals surface area contributed by atoms with E-state index in [0.29, 0.717) is 5.92 Å². The van der Waals surface area contributed by atoms with E-state index >= 15 is 0 Å². The molecule has 4 nitrogen and oxygen atoms in total. The number of carbonyl (C=O) groups is 1. The van der Waals surface area contributed by atoms with Crippen LogP contribution in [0.4, 0.5) is 5.69 Å². The van der Waals surface area contributed by atoms with E-state index in [1.807, 2.05) is 18.2 Å². The molecule has 0 radical (unpaired) electrons. The van der Waals surface area contributed by atoms with E-state index in [-0.39, 0.29) is 12.5 Å². The lowest BCUT2D eigenvalue weighted by molar-refractivity contribution is -0.114. The number of aromatic nitrogens is 1. The number of nitrogens with two attached hydrogens (primary N) is 1. The molecule has 3 N–H and O–H groups in total. The Kier molecular flexibility index (Phi) is 2.57. The number of hydrogen-bond acceptors (Lipinski definition) is 4. The van der Waals surface area contributed by atoms with Crippen molar-refractivity contribution in [3.63, 3.8) is 0 Å². The molecule has 1 heterocycles.